The van der Waals surface area contributed by atoms with Gasteiger partial charge >= 0.3 is 5.97 Å². The molecule has 1 heterocycles. The highest BCUT2D eigenvalue weighted by Crippen LogP contribution is 2.42. The van der Waals surface area contributed by atoms with Gasteiger partial charge in [0.25, 0.3) is 5.89 Å². The van der Waals surface area contributed by atoms with Crippen molar-refractivity contribution in [3.8, 4) is 11.5 Å². The molecule has 0 radical (unpaired) electrons. The Balaban J connectivity index is 1.48. The third-order valence-electron chi connectivity index (χ3n) is 5.30. The number of hydrogen-bond donors (Lipinski definition) is 0. The highest BCUT2D eigenvalue weighted by atomic mass is 35.5. The van der Waals surface area contributed by atoms with E-state index in [0.29, 0.717) is 10.9 Å². The molecule has 1 aliphatic rings. The van der Waals surface area contributed by atoms with E-state index in [1.54, 1.807) is 0 Å². The standard InChI is InChI=1S/C22H21ClN2O3/c1-15-5-4-6-16(13-15)20-25-24-19(28-20)14-27-21(26)22(11-2-3-12-22)17-7-9-18(23)10-8-17/h4-10,13H,2-3,11-12,14H2,1H3. The first-order chi connectivity index (χ1) is 13.6. The molecule has 1 aliphatic carbocycles. The Morgan fingerprint density at radius 2 is 1.89 bits per heavy atom. The monoisotopic (exact) mass is 396 g/mol. The summed E-state index contributed by atoms with van der Waals surface area (Å²) in [7, 11) is 0. The van der Waals surface area contributed by atoms with Crippen molar-refractivity contribution in [2.45, 2.75) is 44.6 Å². The Morgan fingerprint density at radius 3 is 2.61 bits per heavy atom. The van der Waals surface area contributed by atoms with Crippen LogP contribution in [0.3, 0.4) is 0 Å². The number of carbonyl (C=O) groups is 1. The van der Waals surface area contributed by atoms with Crippen LogP contribution in [0, 0.1) is 6.92 Å². The van der Waals surface area contributed by atoms with E-state index in [-0.39, 0.29) is 18.5 Å². The summed E-state index contributed by atoms with van der Waals surface area (Å²) < 4.78 is 11.3. The molecule has 0 bridgehead atoms. The minimum atomic E-state index is -0.621. The lowest BCUT2D eigenvalue weighted by Crippen LogP contribution is -2.34. The fourth-order valence-corrected chi connectivity index (χ4v) is 3.96. The predicted molar refractivity (Wildman–Crippen MR) is 106 cm³/mol. The lowest BCUT2D eigenvalue weighted by Gasteiger charge is -2.27. The summed E-state index contributed by atoms with van der Waals surface area (Å²) in [5.74, 6) is 0.458. The van der Waals surface area contributed by atoms with Gasteiger partial charge in [-0.15, -0.1) is 10.2 Å². The SMILES string of the molecule is Cc1cccc(-c2nnc(COC(=O)C3(c4ccc(Cl)cc4)CCCC3)o2)c1. The summed E-state index contributed by atoms with van der Waals surface area (Å²) >= 11 is 6.00. The molecule has 0 amide bonds. The molecule has 1 aromatic heterocycles. The van der Waals surface area contributed by atoms with Gasteiger partial charge in [0, 0.05) is 10.6 Å². The Hall–Kier alpha value is -2.66. The molecule has 1 saturated carbocycles. The number of benzene rings is 2. The van der Waals surface area contributed by atoms with E-state index in [0.717, 1.165) is 42.4 Å². The highest BCUT2D eigenvalue weighted by molar-refractivity contribution is 6.30. The maximum Gasteiger partial charge on any atom is 0.317 e. The van der Waals surface area contributed by atoms with Crippen molar-refractivity contribution >= 4 is 17.6 Å². The number of aryl methyl sites for hydroxylation is 1. The zero-order valence-corrected chi connectivity index (χ0v) is 16.4. The zero-order chi connectivity index (χ0) is 19.6. The summed E-state index contributed by atoms with van der Waals surface area (Å²) in [5.41, 5.74) is 2.28. The molecule has 0 aliphatic heterocycles. The maximum absolute atomic E-state index is 13.0. The van der Waals surface area contributed by atoms with Gasteiger partial charge in [0.1, 0.15) is 0 Å². The molecule has 0 atom stereocenters. The van der Waals surface area contributed by atoms with Crippen LogP contribution in [0.15, 0.2) is 52.9 Å². The van der Waals surface area contributed by atoms with Gasteiger partial charge in [-0.1, -0.05) is 54.3 Å². The van der Waals surface area contributed by atoms with Crippen molar-refractivity contribution in [3.05, 3.63) is 70.6 Å². The van der Waals surface area contributed by atoms with Crippen LogP contribution < -0.4 is 0 Å². The largest absolute Gasteiger partial charge is 0.455 e. The van der Waals surface area contributed by atoms with E-state index >= 15 is 0 Å². The number of halogens is 1. The summed E-state index contributed by atoms with van der Waals surface area (Å²) in [6.45, 7) is 1.97. The van der Waals surface area contributed by atoms with Gasteiger partial charge in [-0.3, -0.25) is 4.79 Å². The number of carbonyl (C=O) groups excluding carboxylic acids is 1. The van der Waals surface area contributed by atoms with Crippen LogP contribution in [0.1, 0.15) is 42.7 Å². The van der Waals surface area contributed by atoms with Gasteiger partial charge in [-0.2, -0.15) is 0 Å². The van der Waals surface area contributed by atoms with E-state index < -0.39 is 5.41 Å². The van der Waals surface area contributed by atoms with Gasteiger partial charge in [0.2, 0.25) is 5.89 Å². The fourth-order valence-electron chi connectivity index (χ4n) is 3.83. The fraction of sp³-hybridized carbons (Fsp3) is 0.318. The van der Waals surface area contributed by atoms with E-state index in [1.165, 1.54) is 0 Å². The van der Waals surface area contributed by atoms with Gasteiger partial charge in [0.15, 0.2) is 6.61 Å². The molecule has 0 unspecified atom stereocenters. The van der Waals surface area contributed by atoms with Crippen LogP contribution >= 0.6 is 11.6 Å². The second kappa shape index (κ2) is 7.76. The number of rotatable bonds is 5. The van der Waals surface area contributed by atoms with Crippen molar-refractivity contribution in [1.82, 2.24) is 10.2 Å². The van der Waals surface area contributed by atoms with Crippen LogP contribution in [0.5, 0.6) is 0 Å². The topological polar surface area (TPSA) is 65.2 Å². The van der Waals surface area contributed by atoms with Crippen molar-refractivity contribution in [3.63, 3.8) is 0 Å². The molecule has 5 nitrogen and oxygen atoms in total. The van der Waals surface area contributed by atoms with Gasteiger partial charge in [-0.05, 0) is 49.6 Å². The van der Waals surface area contributed by atoms with Crippen molar-refractivity contribution in [2.75, 3.05) is 0 Å². The summed E-state index contributed by atoms with van der Waals surface area (Å²) in [6, 6.07) is 15.3. The molecule has 3 aromatic rings. The molecule has 4 rings (SSSR count). The highest BCUT2D eigenvalue weighted by Gasteiger charge is 2.44. The Bertz CT molecular complexity index is 975. The van der Waals surface area contributed by atoms with E-state index in [2.05, 4.69) is 10.2 Å². The van der Waals surface area contributed by atoms with Gasteiger partial charge < -0.3 is 9.15 Å². The third-order valence-corrected chi connectivity index (χ3v) is 5.56. The molecule has 0 spiro atoms. The molecule has 28 heavy (non-hydrogen) atoms. The zero-order valence-electron chi connectivity index (χ0n) is 15.7. The van der Waals surface area contributed by atoms with Gasteiger partial charge in [-0.25, -0.2) is 0 Å². The molecule has 6 heteroatoms. The first-order valence-electron chi connectivity index (χ1n) is 9.39. The van der Waals surface area contributed by atoms with Crippen LogP contribution in [0.25, 0.3) is 11.5 Å². The Labute approximate surface area is 168 Å². The Morgan fingerprint density at radius 1 is 1.14 bits per heavy atom. The molecule has 1 fully saturated rings. The Kier molecular flexibility index (Phi) is 5.18. The van der Waals surface area contributed by atoms with Crippen molar-refractivity contribution in [2.24, 2.45) is 0 Å². The smallest absolute Gasteiger partial charge is 0.317 e. The van der Waals surface area contributed by atoms with Crippen LogP contribution in [-0.4, -0.2) is 16.2 Å². The maximum atomic E-state index is 13.0. The number of nitrogens with zero attached hydrogens (tertiary/aromatic N) is 2. The quantitative estimate of drug-likeness (QED) is 0.551. The predicted octanol–water partition coefficient (Wildman–Crippen LogP) is 5.25. The first-order valence-corrected chi connectivity index (χ1v) is 9.77. The van der Waals surface area contributed by atoms with E-state index in [4.69, 9.17) is 20.8 Å². The molecule has 0 N–H and O–H groups in total. The lowest BCUT2D eigenvalue weighted by molar-refractivity contribution is -0.152. The number of ether oxygens (including phenoxy) is 1. The van der Waals surface area contributed by atoms with E-state index in [1.807, 2.05) is 55.5 Å². The van der Waals surface area contributed by atoms with Crippen LogP contribution in [0.2, 0.25) is 5.02 Å². The number of hydrogen-bond acceptors (Lipinski definition) is 5. The minimum Gasteiger partial charge on any atom is -0.455 e. The van der Waals surface area contributed by atoms with Crippen molar-refractivity contribution in [1.29, 1.82) is 0 Å². The van der Waals surface area contributed by atoms with Crippen molar-refractivity contribution < 1.29 is 13.9 Å². The second-order valence-electron chi connectivity index (χ2n) is 7.24. The normalized spacial score (nSPS) is 15.5. The number of esters is 1. The summed E-state index contributed by atoms with van der Waals surface area (Å²) in [4.78, 5) is 13.0. The number of aromatic nitrogens is 2. The summed E-state index contributed by atoms with van der Waals surface area (Å²) in [6.07, 6.45) is 3.53. The lowest BCUT2D eigenvalue weighted by atomic mass is 9.79. The second-order valence-corrected chi connectivity index (χ2v) is 7.68. The summed E-state index contributed by atoms with van der Waals surface area (Å²) in [5, 5.41) is 8.73. The average Bonchev–Trinajstić information content (AvgIpc) is 3.37. The molecule has 0 saturated heterocycles. The molecule has 144 valence electrons. The van der Waals surface area contributed by atoms with Crippen LogP contribution in [-0.2, 0) is 21.6 Å². The molecular formula is C22H21ClN2O3. The van der Waals surface area contributed by atoms with E-state index in [9.17, 15) is 4.79 Å². The first kappa shape index (κ1) is 18.7. The van der Waals surface area contributed by atoms with Gasteiger partial charge in [0.05, 0.1) is 5.41 Å². The molecular weight excluding hydrogens is 376 g/mol. The third kappa shape index (κ3) is 3.67. The molecule has 2 aromatic carbocycles. The minimum absolute atomic E-state index is 0.0347. The van der Waals surface area contributed by atoms with Crippen LogP contribution in [0.4, 0.5) is 0 Å². The average molecular weight is 397 g/mol.